The van der Waals surface area contributed by atoms with Crippen molar-refractivity contribution in [3.05, 3.63) is 269 Å². The number of benzene rings is 7. The molecule has 2 aliphatic carbocycles. The summed E-state index contributed by atoms with van der Waals surface area (Å²) in [6.45, 7) is 21.3. The molecule has 1 fully saturated rings. The standard InChI is InChI=1S/C37H31FN2.C27H28/c1-25-13-11-12-18-35(25)36-20-19-31(21-26(36)2)33-22-32(23-34(38)24-33)28(4)40-37(30-16-9-6-10-17-30)39-27(3)29-14-7-5-8-15-29;1-18-8-13-22(14-9-18)23-15-12-20(3)26(17-23)19(2)10-11-21(4)27-24-6-5-7-25(27)16-24/h5-24H,4H2,1-3H3;5-15,17,19,24,27H,4,16H2,1-3H3/b;11-10-. The first-order chi connectivity index (χ1) is 32.4. The quantitative estimate of drug-likeness (QED) is 0.0703. The molecule has 1 saturated carbocycles. The second-order valence-electron chi connectivity index (χ2n) is 18.0. The van der Waals surface area contributed by atoms with Crippen molar-refractivity contribution in [1.29, 1.82) is 0 Å². The van der Waals surface area contributed by atoms with E-state index in [0.717, 1.165) is 33.5 Å². The Morgan fingerprint density at radius 1 is 0.612 bits per heavy atom. The molecule has 0 aromatic heterocycles. The monoisotopic (exact) mass is 874 g/mol. The summed E-state index contributed by atoms with van der Waals surface area (Å²) < 4.78 is 14.9. The second-order valence-corrected chi connectivity index (χ2v) is 18.0. The molecule has 0 radical (unpaired) electrons. The topological polar surface area (TPSA) is 24.7 Å². The molecular formula is C64H59FN2. The molecule has 3 unspecified atom stereocenters. The highest BCUT2D eigenvalue weighted by Crippen LogP contribution is 2.48. The minimum Gasteiger partial charge on any atom is -0.233 e. The van der Waals surface area contributed by atoms with Crippen LogP contribution in [-0.4, -0.2) is 11.5 Å². The van der Waals surface area contributed by atoms with Gasteiger partial charge in [-0.1, -0.05) is 207 Å². The Morgan fingerprint density at radius 2 is 1.25 bits per heavy atom. The number of halogens is 1. The summed E-state index contributed by atoms with van der Waals surface area (Å²) in [4.78, 5) is 9.66. The van der Waals surface area contributed by atoms with Gasteiger partial charge in [0.25, 0.3) is 0 Å². The van der Waals surface area contributed by atoms with E-state index in [1.807, 2.05) is 85.8 Å². The number of allylic oxidation sites excluding steroid dienone is 7. The van der Waals surface area contributed by atoms with Gasteiger partial charge in [-0.3, -0.25) is 0 Å². The number of amidine groups is 1. The van der Waals surface area contributed by atoms with E-state index in [2.05, 4.69) is 151 Å². The molecule has 2 nitrogen and oxygen atoms in total. The van der Waals surface area contributed by atoms with Gasteiger partial charge in [-0.25, -0.2) is 14.4 Å². The van der Waals surface area contributed by atoms with Gasteiger partial charge in [0.2, 0.25) is 0 Å². The zero-order chi connectivity index (χ0) is 47.0. The third-order valence-corrected chi connectivity index (χ3v) is 13.1. The first-order valence-corrected chi connectivity index (χ1v) is 23.3. The summed E-state index contributed by atoms with van der Waals surface area (Å²) in [6.07, 6.45) is 12.6. The molecule has 0 amide bonds. The first-order valence-electron chi connectivity index (χ1n) is 23.3. The van der Waals surface area contributed by atoms with Crippen LogP contribution in [0.1, 0.15) is 70.7 Å². The van der Waals surface area contributed by atoms with Crippen LogP contribution >= 0.6 is 0 Å². The molecule has 67 heavy (non-hydrogen) atoms. The molecular weight excluding hydrogens is 816 g/mol. The van der Waals surface area contributed by atoms with E-state index in [-0.39, 0.29) is 5.82 Å². The number of nitrogens with zero attached hydrogens (tertiary/aromatic N) is 2. The van der Waals surface area contributed by atoms with Crippen LogP contribution < -0.4 is 0 Å². The molecule has 7 aromatic carbocycles. The van der Waals surface area contributed by atoms with Crippen molar-refractivity contribution >= 4 is 17.2 Å². The van der Waals surface area contributed by atoms with E-state index >= 15 is 0 Å². The average Bonchev–Trinajstić information content (AvgIpc) is 3.34. The number of hydrogen-bond acceptors (Lipinski definition) is 1. The molecule has 2 aliphatic rings. The normalized spacial score (nSPS) is 15.8. The molecule has 0 N–H and O–H groups in total. The zero-order valence-electron chi connectivity index (χ0n) is 39.6. The Labute approximate surface area is 397 Å². The lowest BCUT2D eigenvalue weighted by molar-refractivity contribution is 0.387. The lowest BCUT2D eigenvalue weighted by Crippen LogP contribution is -2.30. The number of hydrogen-bond donors (Lipinski definition) is 0. The lowest BCUT2D eigenvalue weighted by atomic mass is 9.63. The summed E-state index contributed by atoms with van der Waals surface area (Å²) in [5.74, 6) is 1.77. The van der Waals surface area contributed by atoms with Crippen molar-refractivity contribution in [3.8, 4) is 33.4 Å². The number of aliphatic imine (C=N–C) groups is 2. The minimum absolute atomic E-state index is 0.338. The van der Waals surface area contributed by atoms with E-state index in [4.69, 9.17) is 9.98 Å². The second kappa shape index (κ2) is 20.8. The highest BCUT2D eigenvalue weighted by atomic mass is 19.1. The van der Waals surface area contributed by atoms with Gasteiger partial charge in [-0.05, 0) is 138 Å². The van der Waals surface area contributed by atoms with E-state index in [1.54, 1.807) is 11.6 Å². The third-order valence-electron chi connectivity index (χ3n) is 13.1. The molecule has 7 aromatic rings. The predicted octanol–water partition coefficient (Wildman–Crippen LogP) is 17.0. The van der Waals surface area contributed by atoms with Gasteiger partial charge >= 0.3 is 0 Å². The fourth-order valence-corrected chi connectivity index (χ4v) is 9.13. The van der Waals surface area contributed by atoms with Crippen LogP contribution in [0, 0.1) is 45.3 Å². The van der Waals surface area contributed by atoms with Gasteiger partial charge in [0.1, 0.15) is 5.82 Å². The minimum atomic E-state index is -0.338. The van der Waals surface area contributed by atoms with E-state index in [0.29, 0.717) is 34.8 Å². The van der Waals surface area contributed by atoms with Gasteiger partial charge in [0.05, 0.1) is 5.70 Å². The Bertz CT molecular complexity index is 3090. The lowest BCUT2D eigenvalue weighted by Gasteiger charge is -2.41. The van der Waals surface area contributed by atoms with Crippen molar-refractivity contribution in [2.75, 3.05) is 0 Å². The van der Waals surface area contributed by atoms with Crippen LogP contribution in [0.25, 0.3) is 39.1 Å². The molecule has 2 bridgehead atoms. The van der Waals surface area contributed by atoms with E-state index in [1.165, 1.54) is 62.6 Å². The maximum Gasteiger partial charge on any atom is 0.160 e. The van der Waals surface area contributed by atoms with Crippen molar-refractivity contribution in [1.82, 2.24) is 0 Å². The van der Waals surface area contributed by atoms with Gasteiger partial charge in [0.15, 0.2) is 5.84 Å². The number of fused-ring (bicyclic) bond motifs is 2. The van der Waals surface area contributed by atoms with Gasteiger partial charge < -0.3 is 0 Å². The van der Waals surface area contributed by atoms with Crippen molar-refractivity contribution in [2.24, 2.45) is 21.8 Å². The maximum atomic E-state index is 14.9. The summed E-state index contributed by atoms with van der Waals surface area (Å²) in [5, 5.41) is 0. The average molecular weight is 875 g/mol. The fraction of sp³-hybridized carbons (Fsp3) is 0.156. The van der Waals surface area contributed by atoms with Crippen molar-refractivity contribution in [2.45, 2.75) is 53.9 Å². The molecule has 3 atom stereocenters. The Morgan fingerprint density at radius 3 is 1.93 bits per heavy atom. The molecule has 3 heteroatoms. The number of aryl methyl sites for hydroxylation is 4. The summed E-state index contributed by atoms with van der Waals surface area (Å²) in [7, 11) is 0. The van der Waals surface area contributed by atoms with Crippen molar-refractivity contribution < 1.29 is 4.39 Å². The Hall–Kier alpha value is -7.49. The van der Waals surface area contributed by atoms with Crippen LogP contribution in [0.5, 0.6) is 0 Å². The number of rotatable bonds is 11. The molecule has 0 saturated heterocycles. The third kappa shape index (κ3) is 11.0. The van der Waals surface area contributed by atoms with E-state index in [9.17, 15) is 4.39 Å². The van der Waals surface area contributed by atoms with Crippen molar-refractivity contribution in [3.63, 3.8) is 0 Å². The fourth-order valence-electron chi connectivity index (χ4n) is 9.13. The van der Waals surface area contributed by atoms with Crippen LogP contribution in [0.2, 0.25) is 0 Å². The SMILES string of the molecule is C=C(/C=C\C(C)c1cc(-c2ccc(C)cc2)ccc1C)C1C2=CC=CC1C2.C=C(N=C(N=C(C)c1ccccc1)c1ccccc1)c1cc(F)cc(-c2ccc(-c3ccccc3C)c(C)c2)c1. The smallest absolute Gasteiger partial charge is 0.160 e. The van der Waals surface area contributed by atoms with Gasteiger partial charge in [-0.2, -0.15) is 0 Å². The highest BCUT2D eigenvalue weighted by Gasteiger charge is 2.36. The van der Waals surface area contributed by atoms with Gasteiger partial charge in [-0.15, -0.1) is 0 Å². The van der Waals surface area contributed by atoms with Crippen LogP contribution in [0.15, 0.2) is 228 Å². The van der Waals surface area contributed by atoms with Crippen LogP contribution in [0.3, 0.4) is 0 Å². The highest BCUT2D eigenvalue weighted by molar-refractivity contribution is 6.12. The van der Waals surface area contributed by atoms with Gasteiger partial charge in [0, 0.05) is 22.8 Å². The first kappa shape index (κ1) is 46.1. The van der Waals surface area contributed by atoms with Crippen LogP contribution in [-0.2, 0) is 0 Å². The summed E-state index contributed by atoms with van der Waals surface area (Å²) in [6, 6.07) is 54.9. The molecule has 0 heterocycles. The molecule has 332 valence electrons. The summed E-state index contributed by atoms with van der Waals surface area (Å²) >= 11 is 0. The van der Waals surface area contributed by atoms with E-state index < -0.39 is 0 Å². The molecule has 0 spiro atoms. The Kier molecular flexibility index (Phi) is 14.3. The Balaban J connectivity index is 0.000000196. The predicted molar refractivity (Wildman–Crippen MR) is 284 cm³/mol. The molecule has 0 aliphatic heterocycles. The van der Waals surface area contributed by atoms with Crippen LogP contribution in [0.4, 0.5) is 4.39 Å². The summed E-state index contributed by atoms with van der Waals surface area (Å²) in [5.41, 5.74) is 19.6. The largest absolute Gasteiger partial charge is 0.233 e. The zero-order valence-corrected chi connectivity index (χ0v) is 39.6. The maximum absolute atomic E-state index is 14.9. The molecule has 9 rings (SSSR count).